The Morgan fingerprint density at radius 1 is 0.951 bits per heavy atom. The largest absolute Gasteiger partial charge is 0.354 e. The zero-order valence-corrected chi connectivity index (χ0v) is 23.8. The molecule has 0 bridgehead atoms. The van der Waals surface area contributed by atoms with Gasteiger partial charge in [-0.05, 0) is 61.6 Å². The lowest BCUT2D eigenvalue weighted by atomic mass is 10.0. The first-order valence-electron chi connectivity index (χ1n) is 13.7. The summed E-state index contributed by atoms with van der Waals surface area (Å²) < 4.78 is 28.9. The Kier molecular flexibility index (Phi) is 10.1. The van der Waals surface area contributed by atoms with Crippen LogP contribution in [-0.2, 0) is 26.0 Å². The average molecular weight is 571 g/mol. The number of para-hydroxylation sites is 1. The van der Waals surface area contributed by atoms with Gasteiger partial charge in [0, 0.05) is 29.6 Å². The highest BCUT2D eigenvalue weighted by atomic mass is 32.2. The number of sulfonamides is 1. The molecule has 0 saturated heterocycles. The zero-order chi connectivity index (χ0) is 29.2. The van der Waals surface area contributed by atoms with Gasteiger partial charge in [-0.3, -0.25) is 4.79 Å². The Bertz CT molecular complexity index is 1660. The number of nitrogens with one attached hydrogen (secondary N) is 3. The van der Waals surface area contributed by atoms with E-state index in [1.54, 1.807) is 0 Å². The quantitative estimate of drug-likeness (QED) is 0.178. The number of carbonyl (C=O) groups excluding carboxylic acids is 2. The summed E-state index contributed by atoms with van der Waals surface area (Å²) in [5.74, 6) is -0.317. The van der Waals surface area contributed by atoms with Crippen molar-refractivity contribution in [3.05, 3.63) is 90.0 Å². The van der Waals surface area contributed by atoms with Crippen molar-refractivity contribution in [2.45, 2.75) is 56.4 Å². The van der Waals surface area contributed by atoms with E-state index in [-0.39, 0.29) is 22.7 Å². The number of nitrogens with zero attached hydrogens (tertiary/aromatic N) is 1. The van der Waals surface area contributed by atoms with Crippen LogP contribution in [0.5, 0.6) is 0 Å². The first kappa shape index (κ1) is 29.7. The van der Waals surface area contributed by atoms with Crippen LogP contribution < -0.4 is 10.0 Å². The lowest BCUT2D eigenvalue weighted by molar-refractivity contribution is -0.123. The average Bonchev–Trinajstić information content (AvgIpc) is 3.35. The summed E-state index contributed by atoms with van der Waals surface area (Å²) in [7, 11) is -4.05. The van der Waals surface area contributed by atoms with Crippen LogP contribution in [-0.4, -0.2) is 37.7 Å². The van der Waals surface area contributed by atoms with Crippen molar-refractivity contribution in [2.75, 3.05) is 6.54 Å². The van der Waals surface area contributed by atoms with E-state index >= 15 is 0 Å². The van der Waals surface area contributed by atoms with Crippen LogP contribution in [0.25, 0.3) is 22.2 Å². The number of unbranched alkanes of at least 4 members (excludes halogenated alkanes) is 2. The number of amides is 1. The maximum absolute atomic E-state index is 13.3. The molecule has 0 fully saturated rings. The molecule has 0 aliphatic heterocycles. The second kappa shape index (κ2) is 13.9. The molecule has 9 heteroatoms. The van der Waals surface area contributed by atoms with E-state index < -0.39 is 22.0 Å². The predicted molar refractivity (Wildman–Crippen MR) is 159 cm³/mol. The number of ketones is 1. The fraction of sp³-hybridized carbons (Fsp3) is 0.281. The number of carbonyl (C=O) groups is 2. The molecule has 41 heavy (non-hydrogen) atoms. The molecule has 0 radical (unpaired) electrons. The van der Waals surface area contributed by atoms with Crippen LogP contribution in [0.3, 0.4) is 0 Å². The Morgan fingerprint density at radius 2 is 1.71 bits per heavy atom. The van der Waals surface area contributed by atoms with E-state index in [9.17, 15) is 23.3 Å². The van der Waals surface area contributed by atoms with Gasteiger partial charge >= 0.3 is 0 Å². The highest BCUT2D eigenvalue weighted by Crippen LogP contribution is 2.30. The van der Waals surface area contributed by atoms with Gasteiger partial charge in [0.15, 0.2) is 0 Å². The van der Waals surface area contributed by atoms with Crippen molar-refractivity contribution in [3.8, 4) is 17.3 Å². The van der Waals surface area contributed by atoms with Gasteiger partial charge in [-0.2, -0.15) is 9.98 Å². The molecule has 212 valence electrons. The third-order valence-corrected chi connectivity index (χ3v) is 8.43. The van der Waals surface area contributed by atoms with Crippen molar-refractivity contribution in [3.63, 3.8) is 0 Å². The summed E-state index contributed by atoms with van der Waals surface area (Å²) in [6, 6.07) is 24.6. The third kappa shape index (κ3) is 7.91. The molecule has 4 aromatic rings. The molecule has 0 saturated carbocycles. The topological polar surface area (TPSA) is 132 Å². The number of aromatic nitrogens is 1. The van der Waals surface area contributed by atoms with E-state index in [1.807, 2.05) is 60.7 Å². The smallest absolute Gasteiger partial charge is 0.241 e. The molecule has 0 spiro atoms. The van der Waals surface area contributed by atoms with E-state index in [2.05, 4.69) is 15.0 Å². The SMILES string of the molecule is CC(=O)CCCCC[C@H](NS(=O)(=O)c1cccc(C#N)c1)C(=O)NCCc1c(-c2ccccc2)[nH]c2ccccc12. The molecule has 1 heterocycles. The maximum Gasteiger partial charge on any atom is 0.241 e. The molecule has 8 nitrogen and oxygen atoms in total. The third-order valence-electron chi connectivity index (χ3n) is 6.96. The molecule has 4 rings (SSSR count). The molecule has 0 aliphatic rings. The number of aromatic amines is 1. The van der Waals surface area contributed by atoms with E-state index in [0.29, 0.717) is 38.6 Å². The number of hydrogen-bond donors (Lipinski definition) is 3. The summed E-state index contributed by atoms with van der Waals surface area (Å²) in [5, 5.41) is 13.2. The number of benzene rings is 3. The van der Waals surface area contributed by atoms with Gasteiger partial charge in [-0.25, -0.2) is 8.42 Å². The Balaban J connectivity index is 1.49. The van der Waals surface area contributed by atoms with Crippen LogP contribution in [0.15, 0.2) is 83.8 Å². The number of hydrogen-bond acceptors (Lipinski definition) is 5. The highest BCUT2D eigenvalue weighted by Gasteiger charge is 2.26. The Hall–Kier alpha value is -4.26. The standard InChI is InChI=1S/C32H34N4O4S/c1-23(37)11-4-2-7-18-30(36-41(39,40)26-15-10-12-24(21-26)22-33)32(38)34-20-19-28-27-16-8-9-17-29(27)35-31(28)25-13-5-3-6-14-25/h3,5-6,8-10,12-17,21,30,35-36H,2,4,7,11,18-20H2,1H3,(H,34,38)/t30-/m0/s1. The minimum Gasteiger partial charge on any atom is -0.354 e. The van der Waals surface area contributed by atoms with Gasteiger partial charge in [0.05, 0.1) is 16.5 Å². The number of nitriles is 1. The molecular weight excluding hydrogens is 536 g/mol. The molecule has 1 amide bonds. The fourth-order valence-electron chi connectivity index (χ4n) is 4.88. The second-order valence-corrected chi connectivity index (χ2v) is 11.8. The van der Waals surface area contributed by atoms with Crippen molar-refractivity contribution >= 4 is 32.6 Å². The normalized spacial score (nSPS) is 12.1. The van der Waals surface area contributed by atoms with Gasteiger partial charge in [-0.15, -0.1) is 0 Å². The Labute approximate surface area is 240 Å². The minimum atomic E-state index is -4.05. The van der Waals surface area contributed by atoms with E-state index in [0.717, 1.165) is 27.7 Å². The van der Waals surface area contributed by atoms with Gasteiger partial charge in [0.1, 0.15) is 11.8 Å². The lowest BCUT2D eigenvalue weighted by Gasteiger charge is -2.19. The molecule has 3 N–H and O–H groups in total. The van der Waals surface area contributed by atoms with E-state index in [4.69, 9.17) is 0 Å². The summed E-state index contributed by atoms with van der Waals surface area (Å²) in [6.45, 7) is 1.85. The summed E-state index contributed by atoms with van der Waals surface area (Å²) in [6.07, 6.45) is 3.24. The van der Waals surface area contributed by atoms with Gasteiger partial charge in [0.25, 0.3) is 0 Å². The number of Topliss-reactive ketones (excluding diaryl/α,β-unsaturated/α-hetero) is 1. The highest BCUT2D eigenvalue weighted by molar-refractivity contribution is 7.89. The number of rotatable bonds is 14. The number of fused-ring (bicyclic) bond motifs is 1. The van der Waals surface area contributed by atoms with Crippen LogP contribution >= 0.6 is 0 Å². The zero-order valence-electron chi connectivity index (χ0n) is 23.0. The number of H-pyrrole nitrogens is 1. The second-order valence-electron chi connectivity index (χ2n) is 10.0. The fourth-order valence-corrected chi connectivity index (χ4v) is 6.15. The van der Waals surface area contributed by atoms with Gasteiger partial charge in [-0.1, -0.05) is 67.4 Å². The molecular formula is C32H34N4O4S. The summed E-state index contributed by atoms with van der Waals surface area (Å²) >= 11 is 0. The van der Waals surface area contributed by atoms with Crippen molar-refractivity contribution < 1.29 is 18.0 Å². The monoisotopic (exact) mass is 570 g/mol. The van der Waals surface area contributed by atoms with Crippen molar-refractivity contribution in [1.82, 2.24) is 15.0 Å². The predicted octanol–water partition coefficient (Wildman–Crippen LogP) is 5.25. The van der Waals surface area contributed by atoms with Crippen molar-refractivity contribution in [2.24, 2.45) is 0 Å². The summed E-state index contributed by atoms with van der Waals surface area (Å²) in [4.78, 5) is 28.0. The minimum absolute atomic E-state index is 0.0720. The Morgan fingerprint density at radius 3 is 2.46 bits per heavy atom. The van der Waals surface area contributed by atoms with Crippen LogP contribution in [0, 0.1) is 11.3 Å². The molecule has 0 unspecified atom stereocenters. The van der Waals surface area contributed by atoms with Crippen LogP contribution in [0.1, 0.15) is 50.2 Å². The summed E-state index contributed by atoms with van der Waals surface area (Å²) in [5.41, 5.74) is 4.32. The van der Waals surface area contributed by atoms with Crippen molar-refractivity contribution in [1.29, 1.82) is 5.26 Å². The van der Waals surface area contributed by atoms with Gasteiger partial charge < -0.3 is 15.1 Å². The van der Waals surface area contributed by atoms with Crippen LogP contribution in [0.4, 0.5) is 0 Å². The van der Waals surface area contributed by atoms with E-state index in [1.165, 1.54) is 31.2 Å². The molecule has 3 aromatic carbocycles. The first-order chi connectivity index (χ1) is 19.8. The van der Waals surface area contributed by atoms with Gasteiger partial charge in [0.2, 0.25) is 15.9 Å². The molecule has 1 aromatic heterocycles. The van der Waals surface area contributed by atoms with Crippen LogP contribution in [0.2, 0.25) is 0 Å². The maximum atomic E-state index is 13.3. The lowest BCUT2D eigenvalue weighted by Crippen LogP contribution is -2.47. The molecule has 0 aliphatic carbocycles. The molecule has 1 atom stereocenters. The first-order valence-corrected chi connectivity index (χ1v) is 15.2.